The lowest BCUT2D eigenvalue weighted by molar-refractivity contribution is -0.114. The lowest BCUT2D eigenvalue weighted by atomic mass is 10.2. The van der Waals surface area contributed by atoms with Crippen LogP contribution in [0.1, 0.15) is 5.56 Å². The van der Waals surface area contributed by atoms with Gasteiger partial charge in [0.05, 0.1) is 6.54 Å². The van der Waals surface area contributed by atoms with E-state index in [-0.39, 0.29) is 18.3 Å². The third kappa shape index (κ3) is 3.81. The Morgan fingerprint density at radius 1 is 1.16 bits per heavy atom. The molecule has 2 rings (SSSR count). The summed E-state index contributed by atoms with van der Waals surface area (Å²) in [6.45, 7) is 1.93. The number of amides is 1. The fourth-order valence-electron chi connectivity index (χ4n) is 1.73. The minimum Gasteiger partial charge on any atom is -0.376 e. The topological polar surface area (TPSA) is 41.1 Å². The van der Waals surface area contributed by atoms with Gasteiger partial charge in [0.1, 0.15) is 5.82 Å². The smallest absolute Gasteiger partial charge is 0.243 e. The van der Waals surface area contributed by atoms with Crippen molar-refractivity contribution < 1.29 is 9.18 Å². The number of nitrogens with one attached hydrogen (secondary N) is 2. The van der Waals surface area contributed by atoms with Gasteiger partial charge in [0.2, 0.25) is 5.91 Å². The molecule has 0 atom stereocenters. The second kappa shape index (κ2) is 6.00. The molecule has 0 aliphatic carbocycles. The Balaban J connectivity index is 1.90. The standard InChI is InChI=1S/C15H15FN2O/c1-11-9-12(16)7-8-14(11)17-10-15(19)18-13-5-3-2-4-6-13/h2-9,17H,10H2,1H3,(H,18,19). The van der Waals surface area contributed by atoms with Crippen molar-refractivity contribution in [2.24, 2.45) is 0 Å². The van der Waals surface area contributed by atoms with Gasteiger partial charge in [-0.05, 0) is 42.8 Å². The van der Waals surface area contributed by atoms with Crippen LogP contribution in [0.4, 0.5) is 15.8 Å². The van der Waals surface area contributed by atoms with Crippen molar-refractivity contribution in [2.75, 3.05) is 17.2 Å². The van der Waals surface area contributed by atoms with Gasteiger partial charge in [-0.15, -0.1) is 0 Å². The highest BCUT2D eigenvalue weighted by Gasteiger charge is 2.04. The van der Waals surface area contributed by atoms with Gasteiger partial charge < -0.3 is 10.6 Å². The first-order chi connectivity index (χ1) is 9.15. The number of rotatable bonds is 4. The van der Waals surface area contributed by atoms with E-state index in [0.29, 0.717) is 0 Å². The van der Waals surface area contributed by atoms with E-state index in [9.17, 15) is 9.18 Å². The summed E-state index contributed by atoms with van der Waals surface area (Å²) in [6, 6.07) is 13.7. The lowest BCUT2D eigenvalue weighted by Gasteiger charge is -2.10. The second-order valence-corrected chi connectivity index (χ2v) is 4.23. The Hall–Kier alpha value is -2.36. The number of hydrogen-bond acceptors (Lipinski definition) is 2. The van der Waals surface area contributed by atoms with Crippen LogP contribution in [0.3, 0.4) is 0 Å². The fraction of sp³-hybridized carbons (Fsp3) is 0.133. The van der Waals surface area contributed by atoms with Crippen molar-refractivity contribution in [3.63, 3.8) is 0 Å². The number of aryl methyl sites for hydroxylation is 1. The molecule has 19 heavy (non-hydrogen) atoms. The first kappa shape index (κ1) is 13.1. The summed E-state index contributed by atoms with van der Waals surface area (Å²) < 4.78 is 12.9. The summed E-state index contributed by atoms with van der Waals surface area (Å²) in [5, 5.41) is 5.75. The number of benzene rings is 2. The number of hydrogen-bond donors (Lipinski definition) is 2. The van der Waals surface area contributed by atoms with Crippen molar-refractivity contribution in [3.05, 3.63) is 59.9 Å². The maximum Gasteiger partial charge on any atom is 0.243 e. The average molecular weight is 258 g/mol. The molecule has 0 aliphatic rings. The van der Waals surface area contributed by atoms with Crippen molar-refractivity contribution in [1.29, 1.82) is 0 Å². The molecular weight excluding hydrogens is 243 g/mol. The second-order valence-electron chi connectivity index (χ2n) is 4.23. The molecule has 2 aromatic rings. The number of carbonyl (C=O) groups is 1. The van der Waals surface area contributed by atoms with Gasteiger partial charge >= 0.3 is 0 Å². The van der Waals surface area contributed by atoms with Crippen LogP contribution in [-0.2, 0) is 4.79 Å². The predicted molar refractivity (Wildman–Crippen MR) is 74.7 cm³/mol. The highest BCUT2D eigenvalue weighted by atomic mass is 19.1. The highest BCUT2D eigenvalue weighted by molar-refractivity contribution is 5.93. The first-order valence-corrected chi connectivity index (χ1v) is 6.00. The maximum atomic E-state index is 12.9. The predicted octanol–water partition coefficient (Wildman–Crippen LogP) is 3.18. The Morgan fingerprint density at radius 2 is 1.89 bits per heavy atom. The summed E-state index contributed by atoms with van der Waals surface area (Å²) in [4.78, 5) is 11.7. The fourth-order valence-corrected chi connectivity index (χ4v) is 1.73. The van der Waals surface area contributed by atoms with E-state index in [1.165, 1.54) is 12.1 Å². The Bertz CT molecular complexity index is 570. The molecule has 0 unspecified atom stereocenters. The molecule has 0 heterocycles. The average Bonchev–Trinajstić information content (AvgIpc) is 2.39. The molecule has 0 spiro atoms. The molecule has 4 heteroatoms. The Labute approximate surface area is 111 Å². The zero-order chi connectivity index (χ0) is 13.7. The lowest BCUT2D eigenvalue weighted by Crippen LogP contribution is -2.22. The molecule has 98 valence electrons. The molecule has 0 bridgehead atoms. The van der Waals surface area contributed by atoms with Gasteiger partial charge in [-0.2, -0.15) is 0 Å². The van der Waals surface area contributed by atoms with Crippen LogP contribution in [0.2, 0.25) is 0 Å². The summed E-state index contributed by atoms with van der Waals surface area (Å²) >= 11 is 0. The number of carbonyl (C=O) groups excluding carboxylic acids is 1. The number of anilines is 2. The van der Waals surface area contributed by atoms with Crippen molar-refractivity contribution in [3.8, 4) is 0 Å². The van der Waals surface area contributed by atoms with Crippen LogP contribution < -0.4 is 10.6 Å². The molecular formula is C15H15FN2O. The minimum atomic E-state index is -0.281. The van der Waals surface area contributed by atoms with E-state index in [1.54, 1.807) is 13.0 Å². The molecule has 0 fully saturated rings. The highest BCUT2D eigenvalue weighted by Crippen LogP contribution is 2.15. The third-order valence-corrected chi connectivity index (χ3v) is 2.69. The quantitative estimate of drug-likeness (QED) is 0.884. The number of para-hydroxylation sites is 1. The van der Waals surface area contributed by atoms with Crippen LogP contribution >= 0.6 is 0 Å². The van der Waals surface area contributed by atoms with Crippen LogP contribution in [0.15, 0.2) is 48.5 Å². The molecule has 0 aliphatic heterocycles. The van der Waals surface area contributed by atoms with Crippen molar-refractivity contribution in [1.82, 2.24) is 0 Å². The van der Waals surface area contributed by atoms with Crippen molar-refractivity contribution in [2.45, 2.75) is 6.92 Å². The van der Waals surface area contributed by atoms with Gasteiger partial charge in [0.15, 0.2) is 0 Å². The summed E-state index contributed by atoms with van der Waals surface area (Å²) in [5.41, 5.74) is 2.28. The zero-order valence-corrected chi connectivity index (χ0v) is 10.6. The number of halogens is 1. The first-order valence-electron chi connectivity index (χ1n) is 6.00. The Kier molecular flexibility index (Phi) is 4.13. The normalized spacial score (nSPS) is 10.0. The van der Waals surface area contributed by atoms with Gasteiger partial charge in [-0.25, -0.2) is 4.39 Å². The summed E-state index contributed by atoms with van der Waals surface area (Å²) in [6.07, 6.45) is 0. The molecule has 1 amide bonds. The SMILES string of the molecule is Cc1cc(F)ccc1NCC(=O)Nc1ccccc1. The summed E-state index contributed by atoms with van der Waals surface area (Å²) in [5.74, 6) is -0.424. The minimum absolute atomic E-state index is 0.140. The van der Waals surface area contributed by atoms with E-state index < -0.39 is 0 Å². The van der Waals surface area contributed by atoms with Gasteiger partial charge in [-0.3, -0.25) is 4.79 Å². The molecule has 0 aromatic heterocycles. The van der Waals surface area contributed by atoms with E-state index in [0.717, 1.165) is 16.9 Å². The van der Waals surface area contributed by atoms with Crippen LogP contribution in [0, 0.1) is 12.7 Å². The van der Waals surface area contributed by atoms with Gasteiger partial charge in [0, 0.05) is 11.4 Å². The van der Waals surface area contributed by atoms with Crippen LogP contribution in [0.5, 0.6) is 0 Å². The Morgan fingerprint density at radius 3 is 2.58 bits per heavy atom. The molecule has 3 nitrogen and oxygen atoms in total. The van der Waals surface area contributed by atoms with E-state index >= 15 is 0 Å². The molecule has 0 saturated carbocycles. The maximum absolute atomic E-state index is 12.9. The third-order valence-electron chi connectivity index (χ3n) is 2.69. The van der Waals surface area contributed by atoms with E-state index in [1.807, 2.05) is 30.3 Å². The summed E-state index contributed by atoms with van der Waals surface area (Å²) in [7, 11) is 0. The zero-order valence-electron chi connectivity index (χ0n) is 10.6. The van der Waals surface area contributed by atoms with E-state index in [4.69, 9.17) is 0 Å². The van der Waals surface area contributed by atoms with Crippen LogP contribution in [0.25, 0.3) is 0 Å². The molecule has 2 aromatic carbocycles. The molecule has 2 N–H and O–H groups in total. The van der Waals surface area contributed by atoms with Gasteiger partial charge in [0.25, 0.3) is 0 Å². The molecule has 0 saturated heterocycles. The van der Waals surface area contributed by atoms with Gasteiger partial charge in [-0.1, -0.05) is 18.2 Å². The molecule has 0 radical (unpaired) electrons. The largest absolute Gasteiger partial charge is 0.376 e. The van der Waals surface area contributed by atoms with Crippen molar-refractivity contribution >= 4 is 17.3 Å². The van der Waals surface area contributed by atoms with Crippen LogP contribution in [-0.4, -0.2) is 12.5 Å². The van der Waals surface area contributed by atoms with E-state index in [2.05, 4.69) is 10.6 Å². The monoisotopic (exact) mass is 258 g/mol.